The number of nitrogens with two attached hydrogens (primary N) is 1. The van der Waals surface area contributed by atoms with E-state index in [1.807, 2.05) is 25.1 Å². The van der Waals surface area contributed by atoms with Crippen LogP contribution >= 0.6 is 11.8 Å². The zero-order valence-corrected chi connectivity index (χ0v) is 10.8. The highest BCUT2D eigenvalue weighted by Gasteiger charge is 2.01. The standard InChI is InChI=1S/C12H20N2O2S/c1-9-6-10(13)2-3-12(9)14-4-5-17-8-11(16)7-15/h2-3,6,11,14-16H,4-5,7-8,13H2,1H3. The summed E-state index contributed by atoms with van der Waals surface area (Å²) >= 11 is 1.62. The maximum atomic E-state index is 9.14. The number of aliphatic hydroxyl groups is 2. The Bertz CT molecular complexity index is 347. The summed E-state index contributed by atoms with van der Waals surface area (Å²) in [5, 5.41) is 21.1. The van der Waals surface area contributed by atoms with E-state index < -0.39 is 6.10 Å². The third-order valence-corrected chi connectivity index (χ3v) is 3.45. The van der Waals surface area contributed by atoms with E-state index in [9.17, 15) is 0 Å². The summed E-state index contributed by atoms with van der Waals surface area (Å²) in [4.78, 5) is 0. The zero-order chi connectivity index (χ0) is 12.7. The van der Waals surface area contributed by atoms with Crippen molar-refractivity contribution in [3.05, 3.63) is 23.8 Å². The van der Waals surface area contributed by atoms with Crippen LogP contribution in [-0.2, 0) is 0 Å². The second-order valence-corrected chi connectivity index (χ2v) is 5.06. The summed E-state index contributed by atoms with van der Waals surface area (Å²) in [5.74, 6) is 1.46. The first-order valence-electron chi connectivity index (χ1n) is 5.60. The monoisotopic (exact) mass is 256 g/mol. The smallest absolute Gasteiger partial charge is 0.0861 e. The molecule has 0 bridgehead atoms. The van der Waals surface area contributed by atoms with Crippen LogP contribution in [0.5, 0.6) is 0 Å². The fraction of sp³-hybridized carbons (Fsp3) is 0.500. The van der Waals surface area contributed by atoms with E-state index in [1.165, 1.54) is 0 Å². The van der Waals surface area contributed by atoms with Crippen LogP contribution in [0.1, 0.15) is 5.56 Å². The molecule has 0 spiro atoms. The van der Waals surface area contributed by atoms with Crippen molar-refractivity contribution in [3.63, 3.8) is 0 Å². The zero-order valence-electron chi connectivity index (χ0n) is 10.0. The molecule has 0 fully saturated rings. The van der Waals surface area contributed by atoms with Gasteiger partial charge in [0, 0.05) is 29.4 Å². The van der Waals surface area contributed by atoms with Crippen LogP contribution in [0.15, 0.2) is 18.2 Å². The second kappa shape index (κ2) is 7.42. The van der Waals surface area contributed by atoms with Gasteiger partial charge in [0.25, 0.3) is 0 Å². The van der Waals surface area contributed by atoms with Crippen LogP contribution in [-0.4, -0.2) is 41.0 Å². The molecule has 1 aromatic carbocycles. The maximum Gasteiger partial charge on any atom is 0.0861 e. The van der Waals surface area contributed by atoms with E-state index in [2.05, 4.69) is 5.32 Å². The van der Waals surface area contributed by atoms with Crippen molar-refractivity contribution in [2.24, 2.45) is 0 Å². The Labute approximate surface area is 106 Å². The third-order valence-electron chi connectivity index (χ3n) is 2.33. The molecule has 1 unspecified atom stereocenters. The Kier molecular flexibility index (Phi) is 6.18. The quantitative estimate of drug-likeness (QED) is 0.434. The number of hydrogen-bond acceptors (Lipinski definition) is 5. The van der Waals surface area contributed by atoms with Gasteiger partial charge >= 0.3 is 0 Å². The lowest BCUT2D eigenvalue weighted by Gasteiger charge is -2.10. The molecule has 0 aliphatic rings. The van der Waals surface area contributed by atoms with Gasteiger partial charge in [-0.1, -0.05) is 0 Å². The number of anilines is 2. The maximum absolute atomic E-state index is 9.14. The first-order valence-corrected chi connectivity index (χ1v) is 6.75. The highest BCUT2D eigenvalue weighted by molar-refractivity contribution is 7.99. The molecule has 1 rings (SSSR count). The minimum Gasteiger partial charge on any atom is -0.399 e. The molecule has 1 aromatic rings. The average Bonchev–Trinajstić information content (AvgIpc) is 2.30. The minimum atomic E-state index is -0.613. The van der Waals surface area contributed by atoms with Crippen LogP contribution in [0.25, 0.3) is 0 Å². The Morgan fingerprint density at radius 1 is 1.47 bits per heavy atom. The van der Waals surface area contributed by atoms with Crippen LogP contribution in [0, 0.1) is 6.92 Å². The highest BCUT2D eigenvalue weighted by Crippen LogP contribution is 2.17. The number of nitrogens with one attached hydrogen (secondary N) is 1. The molecule has 5 N–H and O–H groups in total. The van der Waals surface area contributed by atoms with Gasteiger partial charge in [-0.15, -0.1) is 0 Å². The van der Waals surface area contributed by atoms with Gasteiger partial charge in [-0.3, -0.25) is 0 Å². The van der Waals surface area contributed by atoms with E-state index in [1.54, 1.807) is 11.8 Å². The molecule has 4 nitrogen and oxygen atoms in total. The molecule has 0 aliphatic heterocycles. The van der Waals surface area contributed by atoms with Gasteiger partial charge in [0.05, 0.1) is 12.7 Å². The average molecular weight is 256 g/mol. The normalized spacial score (nSPS) is 12.4. The Morgan fingerprint density at radius 3 is 2.88 bits per heavy atom. The molecule has 0 heterocycles. The van der Waals surface area contributed by atoms with Gasteiger partial charge in [0.1, 0.15) is 0 Å². The molecular weight excluding hydrogens is 236 g/mol. The molecule has 1 atom stereocenters. The predicted octanol–water partition coefficient (Wildman–Crippen LogP) is 1.08. The topological polar surface area (TPSA) is 78.5 Å². The Balaban J connectivity index is 2.22. The second-order valence-electron chi connectivity index (χ2n) is 3.91. The number of rotatable bonds is 7. The molecule has 0 aromatic heterocycles. The molecule has 0 aliphatic carbocycles. The van der Waals surface area contributed by atoms with E-state index in [0.29, 0.717) is 5.75 Å². The molecule has 0 radical (unpaired) electrons. The highest BCUT2D eigenvalue weighted by atomic mass is 32.2. The summed E-state index contributed by atoms with van der Waals surface area (Å²) < 4.78 is 0. The van der Waals surface area contributed by atoms with Crippen molar-refractivity contribution in [1.82, 2.24) is 0 Å². The fourth-order valence-corrected chi connectivity index (χ4v) is 2.21. The van der Waals surface area contributed by atoms with E-state index in [-0.39, 0.29) is 6.61 Å². The van der Waals surface area contributed by atoms with Gasteiger partial charge in [-0.2, -0.15) is 11.8 Å². The minimum absolute atomic E-state index is 0.169. The van der Waals surface area contributed by atoms with Crippen LogP contribution in [0.4, 0.5) is 11.4 Å². The number of aryl methyl sites for hydroxylation is 1. The van der Waals surface area contributed by atoms with E-state index in [4.69, 9.17) is 15.9 Å². The predicted molar refractivity (Wildman–Crippen MR) is 74.5 cm³/mol. The summed E-state index contributed by atoms with van der Waals surface area (Å²) in [6.07, 6.45) is -0.613. The van der Waals surface area contributed by atoms with Crippen LogP contribution in [0.3, 0.4) is 0 Å². The molecular formula is C12H20N2O2S. The lowest BCUT2D eigenvalue weighted by molar-refractivity contribution is 0.113. The van der Waals surface area contributed by atoms with Crippen molar-refractivity contribution in [2.45, 2.75) is 13.0 Å². The lowest BCUT2D eigenvalue weighted by atomic mass is 10.2. The molecule has 0 amide bonds. The molecule has 5 heteroatoms. The fourth-order valence-electron chi connectivity index (χ4n) is 1.42. The van der Waals surface area contributed by atoms with E-state index >= 15 is 0 Å². The Hall–Kier alpha value is -0.910. The third kappa shape index (κ3) is 5.30. The summed E-state index contributed by atoms with van der Waals surface area (Å²) in [5.41, 5.74) is 8.66. The van der Waals surface area contributed by atoms with Crippen LogP contribution in [0.2, 0.25) is 0 Å². The number of nitrogen functional groups attached to an aromatic ring is 1. The van der Waals surface area contributed by atoms with Gasteiger partial charge in [0.15, 0.2) is 0 Å². The molecule has 0 saturated carbocycles. The number of hydrogen-bond donors (Lipinski definition) is 4. The van der Waals surface area contributed by atoms with Crippen molar-refractivity contribution in [3.8, 4) is 0 Å². The van der Waals surface area contributed by atoms with Crippen molar-refractivity contribution >= 4 is 23.1 Å². The number of aliphatic hydroxyl groups excluding tert-OH is 2. The van der Waals surface area contributed by atoms with Crippen molar-refractivity contribution in [2.75, 3.05) is 35.7 Å². The van der Waals surface area contributed by atoms with Crippen LogP contribution < -0.4 is 11.1 Å². The summed E-state index contributed by atoms with van der Waals surface area (Å²) in [6, 6.07) is 5.78. The number of thioether (sulfide) groups is 1. The molecule has 0 saturated heterocycles. The summed E-state index contributed by atoms with van der Waals surface area (Å²) in [6.45, 7) is 2.67. The van der Waals surface area contributed by atoms with Gasteiger partial charge in [-0.25, -0.2) is 0 Å². The SMILES string of the molecule is Cc1cc(N)ccc1NCCSCC(O)CO. The van der Waals surface area contributed by atoms with Crippen molar-refractivity contribution < 1.29 is 10.2 Å². The van der Waals surface area contributed by atoms with Gasteiger partial charge in [-0.05, 0) is 30.7 Å². The largest absolute Gasteiger partial charge is 0.399 e. The first-order chi connectivity index (χ1) is 8.13. The van der Waals surface area contributed by atoms with Crippen molar-refractivity contribution in [1.29, 1.82) is 0 Å². The summed E-state index contributed by atoms with van der Waals surface area (Å²) in [7, 11) is 0. The molecule has 17 heavy (non-hydrogen) atoms. The molecule has 96 valence electrons. The van der Waals surface area contributed by atoms with Gasteiger partial charge in [0.2, 0.25) is 0 Å². The lowest BCUT2D eigenvalue weighted by Crippen LogP contribution is -2.16. The van der Waals surface area contributed by atoms with Gasteiger partial charge < -0.3 is 21.3 Å². The number of benzene rings is 1. The Morgan fingerprint density at radius 2 is 2.24 bits per heavy atom. The first kappa shape index (κ1) is 14.2. The van der Waals surface area contributed by atoms with E-state index in [0.717, 1.165) is 29.2 Å².